The third-order valence-corrected chi connectivity index (χ3v) is 6.03. The predicted molar refractivity (Wildman–Crippen MR) is 121 cm³/mol. The first kappa shape index (κ1) is 21.8. The zero-order valence-corrected chi connectivity index (χ0v) is 18.5. The van der Waals surface area contributed by atoms with Crippen molar-refractivity contribution in [1.82, 2.24) is 14.8 Å². The van der Waals surface area contributed by atoms with Gasteiger partial charge in [-0.15, -0.1) is 0 Å². The zero-order valence-electron chi connectivity index (χ0n) is 18.5. The van der Waals surface area contributed by atoms with Crippen molar-refractivity contribution in [3.05, 3.63) is 69.1 Å². The third kappa shape index (κ3) is 4.59. The molecule has 2 amide bonds. The van der Waals surface area contributed by atoms with Gasteiger partial charge < -0.3 is 19.6 Å². The largest absolute Gasteiger partial charge is 0.390 e. The summed E-state index contributed by atoms with van der Waals surface area (Å²) in [7, 11) is 0. The number of pyridine rings is 1. The van der Waals surface area contributed by atoms with E-state index in [1.165, 1.54) is 6.92 Å². The molecule has 4 rings (SSSR count). The van der Waals surface area contributed by atoms with Crippen molar-refractivity contribution in [2.45, 2.75) is 52.3 Å². The molecule has 0 aliphatic carbocycles. The van der Waals surface area contributed by atoms with Crippen LogP contribution in [0.4, 0.5) is 0 Å². The highest BCUT2D eigenvalue weighted by molar-refractivity contribution is 5.96. The molecule has 0 radical (unpaired) electrons. The highest BCUT2D eigenvalue weighted by atomic mass is 16.6. The maximum Gasteiger partial charge on any atom is 0.264 e. The predicted octanol–water partition coefficient (Wildman–Crippen LogP) is 2.09. The fourth-order valence-corrected chi connectivity index (χ4v) is 4.21. The van der Waals surface area contributed by atoms with Crippen LogP contribution in [0, 0.1) is 0 Å². The number of carbonyl (C=O) groups excluding carboxylic acids is 2. The summed E-state index contributed by atoms with van der Waals surface area (Å²) < 4.78 is 1.57. The lowest BCUT2D eigenvalue weighted by Crippen LogP contribution is -2.42. The van der Waals surface area contributed by atoms with Crippen molar-refractivity contribution >= 4 is 17.5 Å². The van der Waals surface area contributed by atoms with Gasteiger partial charge in [-0.3, -0.25) is 14.4 Å². The standard InChI is InChI=1S/C24H28N4O4/c1-3-19-11-20(32-26-19)12-25-23(30)22-21-9-10-27(16(2)29)14-18(21)15-28(24(22)31)13-17-7-5-4-6-8-17/h4-8,15,20H,3,9-14H2,1-2H3,(H,25,30). The van der Waals surface area contributed by atoms with Gasteiger partial charge in [-0.05, 0) is 29.5 Å². The average molecular weight is 437 g/mol. The third-order valence-electron chi connectivity index (χ3n) is 6.03. The molecule has 8 nitrogen and oxygen atoms in total. The van der Waals surface area contributed by atoms with Gasteiger partial charge in [0.2, 0.25) is 5.91 Å². The fourth-order valence-electron chi connectivity index (χ4n) is 4.21. The molecule has 0 spiro atoms. The summed E-state index contributed by atoms with van der Waals surface area (Å²) in [5, 5.41) is 6.89. The second kappa shape index (κ2) is 9.38. The minimum Gasteiger partial charge on any atom is -0.390 e. The number of benzene rings is 1. The lowest BCUT2D eigenvalue weighted by atomic mass is 9.95. The summed E-state index contributed by atoms with van der Waals surface area (Å²) in [6.07, 6.45) is 3.54. The van der Waals surface area contributed by atoms with Crippen molar-refractivity contribution in [1.29, 1.82) is 0 Å². The molecule has 1 N–H and O–H groups in total. The van der Waals surface area contributed by atoms with Crippen molar-refractivity contribution in [3.63, 3.8) is 0 Å². The number of hydrogen-bond donors (Lipinski definition) is 1. The molecule has 2 aromatic rings. The van der Waals surface area contributed by atoms with Crippen LogP contribution < -0.4 is 10.9 Å². The van der Waals surface area contributed by atoms with Crippen LogP contribution in [0.25, 0.3) is 0 Å². The van der Waals surface area contributed by atoms with Gasteiger partial charge in [-0.1, -0.05) is 42.4 Å². The summed E-state index contributed by atoms with van der Waals surface area (Å²) in [5.74, 6) is -0.425. The Morgan fingerprint density at radius 3 is 2.72 bits per heavy atom. The maximum absolute atomic E-state index is 13.4. The molecule has 2 aliphatic rings. The van der Waals surface area contributed by atoms with Crippen LogP contribution in [-0.2, 0) is 29.1 Å². The van der Waals surface area contributed by atoms with Gasteiger partial charge in [0.1, 0.15) is 11.7 Å². The van der Waals surface area contributed by atoms with Crippen LogP contribution >= 0.6 is 0 Å². The minimum atomic E-state index is -0.404. The van der Waals surface area contributed by atoms with E-state index in [1.54, 1.807) is 15.7 Å². The topological polar surface area (TPSA) is 93.0 Å². The van der Waals surface area contributed by atoms with Crippen molar-refractivity contribution in [2.75, 3.05) is 13.1 Å². The highest BCUT2D eigenvalue weighted by Gasteiger charge is 2.28. The summed E-state index contributed by atoms with van der Waals surface area (Å²) in [4.78, 5) is 45.6. The molecule has 3 heterocycles. The number of fused-ring (bicyclic) bond motifs is 1. The van der Waals surface area contributed by atoms with E-state index in [0.29, 0.717) is 32.5 Å². The Hall–Kier alpha value is -3.42. The second-order valence-electron chi connectivity index (χ2n) is 8.27. The summed E-state index contributed by atoms with van der Waals surface area (Å²) in [5.41, 5.74) is 3.34. The summed E-state index contributed by atoms with van der Waals surface area (Å²) in [6.45, 7) is 5.06. The van der Waals surface area contributed by atoms with Gasteiger partial charge in [0.05, 0.1) is 18.8 Å². The molecule has 0 bridgehead atoms. The molecule has 32 heavy (non-hydrogen) atoms. The molecule has 1 atom stereocenters. The van der Waals surface area contributed by atoms with E-state index in [1.807, 2.05) is 37.3 Å². The van der Waals surface area contributed by atoms with Gasteiger partial charge in [0.15, 0.2) is 0 Å². The first-order chi connectivity index (χ1) is 15.5. The Morgan fingerprint density at radius 1 is 1.25 bits per heavy atom. The van der Waals surface area contributed by atoms with Crippen LogP contribution in [0.5, 0.6) is 0 Å². The van der Waals surface area contributed by atoms with Gasteiger partial charge in [0.25, 0.3) is 11.5 Å². The highest BCUT2D eigenvalue weighted by Crippen LogP contribution is 2.21. The Balaban J connectivity index is 1.63. The first-order valence-electron chi connectivity index (χ1n) is 11.0. The van der Waals surface area contributed by atoms with Gasteiger partial charge in [-0.2, -0.15) is 0 Å². The van der Waals surface area contributed by atoms with E-state index < -0.39 is 5.91 Å². The van der Waals surface area contributed by atoms with Gasteiger partial charge in [0, 0.05) is 32.6 Å². The molecular weight excluding hydrogens is 408 g/mol. The Bertz CT molecular complexity index is 1110. The number of oxime groups is 1. The summed E-state index contributed by atoms with van der Waals surface area (Å²) in [6, 6.07) is 9.63. The molecule has 1 unspecified atom stereocenters. The number of amides is 2. The number of hydrogen-bond acceptors (Lipinski definition) is 5. The van der Waals surface area contributed by atoms with Gasteiger partial charge >= 0.3 is 0 Å². The second-order valence-corrected chi connectivity index (χ2v) is 8.27. The molecule has 0 fully saturated rings. The average Bonchev–Trinajstić information content (AvgIpc) is 3.26. The number of carbonyl (C=O) groups is 2. The molecular formula is C24H28N4O4. The lowest BCUT2D eigenvalue weighted by Gasteiger charge is -2.29. The number of nitrogens with one attached hydrogen (secondary N) is 1. The van der Waals surface area contributed by atoms with Crippen LogP contribution in [0.2, 0.25) is 0 Å². The molecule has 1 aromatic heterocycles. The molecule has 2 aliphatic heterocycles. The molecule has 8 heteroatoms. The van der Waals surface area contributed by atoms with Crippen molar-refractivity contribution in [2.24, 2.45) is 5.16 Å². The van der Waals surface area contributed by atoms with E-state index in [9.17, 15) is 14.4 Å². The first-order valence-corrected chi connectivity index (χ1v) is 11.0. The number of aromatic nitrogens is 1. The Morgan fingerprint density at radius 2 is 2.03 bits per heavy atom. The van der Waals surface area contributed by atoms with E-state index in [0.717, 1.165) is 28.8 Å². The number of rotatable bonds is 6. The normalized spacial score (nSPS) is 17.4. The Labute approximate surface area is 186 Å². The van der Waals surface area contributed by atoms with E-state index >= 15 is 0 Å². The molecule has 0 saturated carbocycles. The SMILES string of the molecule is CCC1=NOC(CNC(=O)c2c3c(cn(Cc4ccccc4)c2=O)CN(C(C)=O)CC3)C1. The lowest BCUT2D eigenvalue weighted by molar-refractivity contribution is -0.129. The van der Waals surface area contributed by atoms with Crippen LogP contribution in [0.1, 0.15) is 53.7 Å². The monoisotopic (exact) mass is 436 g/mol. The maximum atomic E-state index is 13.4. The van der Waals surface area contributed by atoms with E-state index in [2.05, 4.69) is 10.5 Å². The Kier molecular flexibility index (Phi) is 6.39. The van der Waals surface area contributed by atoms with Crippen LogP contribution in [-0.4, -0.2) is 46.2 Å². The van der Waals surface area contributed by atoms with Crippen LogP contribution in [0.15, 0.2) is 46.5 Å². The van der Waals surface area contributed by atoms with Crippen LogP contribution in [0.3, 0.4) is 0 Å². The molecule has 0 saturated heterocycles. The zero-order chi connectivity index (χ0) is 22.7. The van der Waals surface area contributed by atoms with E-state index in [4.69, 9.17) is 4.84 Å². The van der Waals surface area contributed by atoms with Crippen molar-refractivity contribution in [3.8, 4) is 0 Å². The molecule has 168 valence electrons. The quantitative estimate of drug-likeness (QED) is 0.750. The minimum absolute atomic E-state index is 0.0208. The molecule has 1 aromatic carbocycles. The van der Waals surface area contributed by atoms with Crippen molar-refractivity contribution < 1.29 is 14.4 Å². The number of nitrogens with zero attached hydrogens (tertiary/aromatic N) is 3. The summed E-state index contributed by atoms with van der Waals surface area (Å²) >= 11 is 0. The van der Waals surface area contributed by atoms with Gasteiger partial charge in [-0.25, -0.2) is 0 Å². The van der Waals surface area contributed by atoms with E-state index in [-0.39, 0.29) is 29.7 Å². The smallest absolute Gasteiger partial charge is 0.264 e. The fraction of sp³-hybridized carbons (Fsp3) is 0.417.